The number of nitrogens with two attached hydrogens (primary N) is 1. The number of fused-ring (bicyclic) bond motifs is 1. The molecule has 17 heavy (non-hydrogen) atoms. The normalized spacial score (nSPS) is 13.1. The second-order valence-corrected chi connectivity index (χ2v) is 4.97. The van der Waals surface area contributed by atoms with Gasteiger partial charge in [-0.1, -0.05) is 31.4 Å². The third-order valence-electron chi connectivity index (χ3n) is 3.33. The molecule has 1 heterocycles. The number of aromatic amines is 1. The average Bonchev–Trinajstić information content (AvgIpc) is 2.69. The summed E-state index contributed by atoms with van der Waals surface area (Å²) in [4.78, 5) is 3.32. The molecule has 2 nitrogen and oxygen atoms in total. The highest BCUT2D eigenvalue weighted by molar-refractivity contribution is 5.83. The Bertz CT molecular complexity index is 485. The minimum absolute atomic E-state index is 0.287. The van der Waals surface area contributed by atoms with Gasteiger partial charge in [0.25, 0.3) is 0 Å². The fraction of sp³-hybridized carbons (Fsp3) is 0.467. The second-order valence-electron chi connectivity index (χ2n) is 4.97. The highest BCUT2D eigenvalue weighted by Crippen LogP contribution is 2.21. The van der Waals surface area contributed by atoms with E-state index in [2.05, 4.69) is 43.2 Å². The number of benzene rings is 1. The zero-order valence-corrected chi connectivity index (χ0v) is 10.8. The molecule has 1 atom stereocenters. The Morgan fingerprint density at radius 3 is 2.94 bits per heavy atom. The monoisotopic (exact) mass is 230 g/mol. The molecule has 1 aromatic heterocycles. The number of hydrogen-bond donors (Lipinski definition) is 2. The van der Waals surface area contributed by atoms with Gasteiger partial charge in [-0.05, 0) is 37.5 Å². The first-order valence-electron chi connectivity index (χ1n) is 6.53. The van der Waals surface area contributed by atoms with E-state index in [9.17, 15) is 0 Å². The minimum atomic E-state index is 0.287. The summed E-state index contributed by atoms with van der Waals surface area (Å²) in [7, 11) is 0. The Balaban J connectivity index is 2.15. The average molecular weight is 230 g/mol. The molecule has 0 spiro atoms. The van der Waals surface area contributed by atoms with Crippen LogP contribution in [-0.2, 0) is 6.42 Å². The lowest BCUT2D eigenvalue weighted by atomic mass is 10.0. The molecule has 92 valence electrons. The van der Waals surface area contributed by atoms with Crippen molar-refractivity contribution in [3.63, 3.8) is 0 Å². The fourth-order valence-corrected chi connectivity index (χ4v) is 2.31. The summed E-state index contributed by atoms with van der Waals surface area (Å²) in [6.07, 6.45) is 6.65. The first-order chi connectivity index (χ1) is 8.20. The largest absolute Gasteiger partial charge is 0.361 e. The summed E-state index contributed by atoms with van der Waals surface area (Å²) in [6.45, 7) is 4.34. The standard InChI is InChI=1S/C15H22N2/c1-3-4-5-13(16)9-12-10-17-15-7-6-11(2)8-14(12)15/h6-8,10,13,17H,3-5,9,16H2,1-2H3. The van der Waals surface area contributed by atoms with Crippen molar-refractivity contribution in [2.24, 2.45) is 5.73 Å². The van der Waals surface area contributed by atoms with E-state index in [1.807, 2.05) is 0 Å². The number of aryl methyl sites for hydroxylation is 1. The molecule has 1 unspecified atom stereocenters. The molecule has 0 fully saturated rings. The van der Waals surface area contributed by atoms with Crippen molar-refractivity contribution in [3.05, 3.63) is 35.5 Å². The van der Waals surface area contributed by atoms with Crippen LogP contribution in [0.2, 0.25) is 0 Å². The summed E-state index contributed by atoms with van der Waals surface area (Å²) in [6, 6.07) is 6.81. The van der Waals surface area contributed by atoms with E-state index in [1.165, 1.54) is 34.9 Å². The number of unbranched alkanes of at least 4 members (excludes halogenated alkanes) is 1. The number of aromatic nitrogens is 1. The van der Waals surface area contributed by atoms with Gasteiger partial charge in [0, 0.05) is 23.1 Å². The summed E-state index contributed by atoms with van der Waals surface area (Å²) < 4.78 is 0. The molecule has 1 aromatic carbocycles. The van der Waals surface area contributed by atoms with Crippen molar-refractivity contribution in [3.8, 4) is 0 Å². The molecule has 0 radical (unpaired) electrons. The zero-order chi connectivity index (χ0) is 12.3. The topological polar surface area (TPSA) is 41.8 Å². The molecule has 3 N–H and O–H groups in total. The van der Waals surface area contributed by atoms with Gasteiger partial charge in [0.2, 0.25) is 0 Å². The highest BCUT2D eigenvalue weighted by atomic mass is 14.7. The lowest BCUT2D eigenvalue weighted by Crippen LogP contribution is -2.22. The van der Waals surface area contributed by atoms with Crippen molar-refractivity contribution in [1.29, 1.82) is 0 Å². The summed E-state index contributed by atoms with van der Waals surface area (Å²) in [5.41, 5.74) is 10.0. The van der Waals surface area contributed by atoms with E-state index in [0.29, 0.717) is 0 Å². The van der Waals surface area contributed by atoms with E-state index < -0.39 is 0 Å². The van der Waals surface area contributed by atoms with Crippen molar-refractivity contribution in [2.75, 3.05) is 0 Å². The van der Waals surface area contributed by atoms with Crippen LogP contribution in [0.15, 0.2) is 24.4 Å². The summed E-state index contributed by atoms with van der Waals surface area (Å²) in [5, 5.41) is 1.33. The molecule has 0 bridgehead atoms. The molecule has 2 aromatic rings. The molecular weight excluding hydrogens is 208 g/mol. The lowest BCUT2D eigenvalue weighted by molar-refractivity contribution is 0.575. The quantitative estimate of drug-likeness (QED) is 0.810. The summed E-state index contributed by atoms with van der Waals surface area (Å²) in [5.74, 6) is 0. The van der Waals surface area contributed by atoms with Gasteiger partial charge < -0.3 is 10.7 Å². The molecule has 0 aliphatic heterocycles. The van der Waals surface area contributed by atoms with Crippen molar-refractivity contribution >= 4 is 10.9 Å². The lowest BCUT2D eigenvalue weighted by Gasteiger charge is -2.10. The first kappa shape index (κ1) is 12.2. The zero-order valence-electron chi connectivity index (χ0n) is 10.8. The maximum Gasteiger partial charge on any atom is 0.0456 e. The number of nitrogens with one attached hydrogen (secondary N) is 1. The van der Waals surface area contributed by atoms with Gasteiger partial charge in [-0.25, -0.2) is 0 Å². The Kier molecular flexibility index (Phi) is 3.85. The van der Waals surface area contributed by atoms with E-state index >= 15 is 0 Å². The smallest absolute Gasteiger partial charge is 0.0456 e. The number of H-pyrrole nitrogens is 1. The number of rotatable bonds is 5. The second kappa shape index (κ2) is 5.37. The molecule has 0 saturated heterocycles. The van der Waals surface area contributed by atoms with E-state index in [0.717, 1.165) is 12.8 Å². The van der Waals surface area contributed by atoms with Crippen LogP contribution < -0.4 is 5.73 Å². The van der Waals surface area contributed by atoms with Crippen molar-refractivity contribution in [1.82, 2.24) is 4.98 Å². The number of hydrogen-bond acceptors (Lipinski definition) is 1. The Labute approximate surface area is 103 Å². The van der Waals surface area contributed by atoms with Gasteiger partial charge >= 0.3 is 0 Å². The molecule has 2 heteroatoms. The van der Waals surface area contributed by atoms with Gasteiger partial charge in [-0.15, -0.1) is 0 Å². The van der Waals surface area contributed by atoms with Crippen LogP contribution in [0.5, 0.6) is 0 Å². The third kappa shape index (κ3) is 2.89. The van der Waals surface area contributed by atoms with E-state index in [4.69, 9.17) is 5.73 Å². The van der Waals surface area contributed by atoms with Crippen LogP contribution in [0.25, 0.3) is 10.9 Å². The Morgan fingerprint density at radius 1 is 1.35 bits per heavy atom. The van der Waals surface area contributed by atoms with Gasteiger partial charge in [0.15, 0.2) is 0 Å². The molecule has 0 aliphatic rings. The van der Waals surface area contributed by atoms with Gasteiger partial charge in [0.1, 0.15) is 0 Å². The predicted octanol–water partition coefficient (Wildman–Crippen LogP) is 3.54. The summed E-state index contributed by atoms with van der Waals surface area (Å²) >= 11 is 0. The molecule has 0 amide bonds. The van der Waals surface area contributed by atoms with Crippen LogP contribution in [0.4, 0.5) is 0 Å². The van der Waals surface area contributed by atoms with Gasteiger partial charge in [-0.2, -0.15) is 0 Å². The van der Waals surface area contributed by atoms with Crippen LogP contribution >= 0.6 is 0 Å². The van der Waals surface area contributed by atoms with Gasteiger partial charge in [0.05, 0.1) is 0 Å². The maximum absolute atomic E-state index is 6.17. The minimum Gasteiger partial charge on any atom is -0.361 e. The van der Waals surface area contributed by atoms with Gasteiger partial charge in [-0.3, -0.25) is 0 Å². The first-order valence-corrected chi connectivity index (χ1v) is 6.53. The molecule has 2 rings (SSSR count). The van der Waals surface area contributed by atoms with Crippen molar-refractivity contribution in [2.45, 2.75) is 45.6 Å². The molecule has 0 saturated carbocycles. The SMILES string of the molecule is CCCCC(N)Cc1c[nH]c2ccc(C)cc12. The maximum atomic E-state index is 6.17. The van der Waals surface area contributed by atoms with E-state index in [-0.39, 0.29) is 6.04 Å². The van der Waals surface area contributed by atoms with E-state index in [1.54, 1.807) is 0 Å². The third-order valence-corrected chi connectivity index (χ3v) is 3.33. The van der Waals surface area contributed by atoms with Crippen LogP contribution in [0, 0.1) is 6.92 Å². The Morgan fingerprint density at radius 2 is 2.18 bits per heavy atom. The van der Waals surface area contributed by atoms with Crippen LogP contribution in [-0.4, -0.2) is 11.0 Å². The fourth-order valence-electron chi connectivity index (χ4n) is 2.31. The van der Waals surface area contributed by atoms with Crippen LogP contribution in [0.3, 0.4) is 0 Å². The predicted molar refractivity (Wildman–Crippen MR) is 74.2 cm³/mol. The van der Waals surface area contributed by atoms with Crippen molar-refractivity contribution < 1.29 is 0 Å². The highest BCUT2D eigenvalue weighted by Gasteiger charge is 2.08. The molecule has 0 aliphatic carbocycles. The Hall–Kier alpha value is -1.28. The molecular formula is C15H22N2. The van der Waals surface area contributed by atoms with Crippen LogP contribution in [0.1, 0.15) is 37.3 Å².